The van der Waals surface area contributed by atoms with Crippen LogP contribution in [0.15, 0.2) is 0 Å². The number of fused-ring (bicyclic) bond motifs is 5. The first-order chi connectivity index (χ1) is 14.4. The maximum atomic E-state index is 11.0. The summed E-state index contributed by atoms with van der Waals surface area (Å²) in [7, 11) is 0. The summed E-state index contributed by atoms with van der Waals surface area (Å²) in [4.78, 5) is 11.0. The van der Waals surface area contributed by atoms with Crippen molar-refractivity contribution in [1.29, 1.82) is 0 Å². The van der Waals surface area contributed by atoms with Crippen molar-refractivity contribution in [1.82, 2.24) is 0 Å². The van der Waals surface area contributed by atoms with E-state index in [2.05, 4.69) is 46.5 Å². The summed E-state index contributed by atoms with van der Waals surface area (Å²) in [6.45, 7) is 7.60. The van der Waals surface area contributed by atoms with Crippen LogP contribution in [0, 0.1) is 72.0 Å². The minimum atomic E-state index is -0.621. The maximum Gasteiger partial charge on any atom is 0.303 e. The van der Waals surface area contributed by atoms with Crippen molar-refractivity contribution in [2.45, 2.75) is 97.8 Å². The lowest BCUT2D eigenvalue weighted by molar-refractivity contribution is -0.137. The van der Waals surface area contributed by atoms with Crippen LogP contribution in [0.2, 0.25) is 0 Å². The highest BCUT2D eigenvalue weighted by Gasteiger charge is 2.60. The van der Waals surface area contributed by atoms with Crippen molar-refractivity contribution in [3.8, 4) is 25.7 Å². The molecule has 0 heterocycles. The quantitative estimate of drug-likeness (QED) is 0.503. The van der Waals surface area contributed by atoms with E-state index in [9.17, 15) is 4.79 Å². The van der Waals surface area contributed by atoms with Crippen LogP contribution in [0.25, 0.3) is 0 Å². The molecule has 3 unspecified atom stereocenters. The summed E-state index contributed by atoms with van der Waals surface area (Å²) >= 11 is 0. The van der Waals surface area contributed by atoms with Crippen LogP contribution in [0.4, 0.5) is 0 Å². The van der Waals surface area contributed by atoms with Gasteiger partial charge in [-0.2, -0.15) is 0 Å². The van der Waals surface area contributed by atoms with Crippen molar-refractivity contribution >= 4 is 5.97 Å². The van der Waals surface area contributed by atoms with E-state index < -0.39 is 5.97 Å². The van der Waals surface area contributed by atoms with Gasteiger partial charge < -0.3 is 5.11 Å². The number of rotatable bonds is 4. The van der Waals surface area contributed by atoms with Crippen LogP contribution in [-0.2, 0) is 4.79 Å². The first-order valence-electron chi connectivity index (χ1n) is 12.2. The van der Waals surface area contributed by atoms with Crippen LogP contribution in [-0.4, -0.2) is 11.1 Å². The monoisotopic (exact) mass is 412 g/mol. The Kier molecular flexibility index (Phi) is 8.51. The summed E-state index contributed by atoms with van der Waals surface area (Å²) in [5, 5.41) is 9.09. The molecule has 0 spiro atoms. The van der Waals surface area contributed by atoms with Crippen LogP contribution in [0.3, 0.4) is 0 Å². The number of terminal acetylenes is 2. The van der Waals surface area contributed by atoms with Gasteiger partial charge in [0.1, 0.15) is 0 Å². The zero-order valence-corrected chi connectivity index (χ0v) is 19.6. The second kappa shape index (κ2) is 10.3. The number of carbonyl (C=O) groups is 1. The van der Waals surface area contributed by atoms with Crippen molar-refractivity contribution < 1.29 is 9.90 Å². The lowest BCUT2D eigenvalue weighted by atomic mass is 9.44. The summed E-state index contributed by atoms with van der Waals surface area (Å²) < 4.78 is 0. The topological polar surface area (TPSA) is 37.3 Å². The molecule has 4 aliphatic rings. The lowest BCUT2D eigenvalue weighted by Crippen LogP contribution is -2.53. The first kappa shape index (κ1) is 24.9. The van der Waals surface area contributed by atoms with Gasteiger partial charge in [0.25, 0.3) is 0 Å². The van der Waals surface area contributed by atoms with Crippen molar-refractivity contribution in [2.75, 3.05) is 0 Å². The van der Waals surface area contributed by atoms with Crippen LogP contribution in [0.1, 0.15) is 97.8 Å². The Morgan fingerprint density at radius 3 is 2.23 bits per heavy atom. The zero-order valence-electron chi connectivity index (χ0n) is 19.6. The van der Waals surface area contributed by atoms with Gasteiger partial charge in [-0.15, -0.1) is 25.7 Å². The van der Waals surface area contributed by atoms with Gasteiger partial charge in [0.05, 0.1) is 0 Å². The molecule has 4 saturated carbocycles. The molecule has 0 saturated heterocycles. The molecule has 0 amide bonds. The number of hydrogen-bond acceptors (Lipinski definition) is 1. The Morgan fingerprint density at radius 2 is 1.57 bits per heavy atom. The fraction of sp³-hybridized carbons (Fsp3) is 0.821. The van der Waals surface area contributed by atoms with Crippen LogP contribution < -0.4 is 0 Å². The molecule has 0 aromatic heterocycles. The number of aliphatic carboxylic acids is 1. The molecule has 4 rings (SSSR count). The molecular weight excluding hydrogens is 368 g/mol. The lowest BCUT2D eigenvalue weighted by Gasteiger charge is -2.61. The summed E-state index contributed by atoms with van der Waals surface area (Å²) in [5.74, 6) is 4.57. The van der Waals surface area contributed by atoms with Crippen LogP contribution in [0.5, 0.6) is 0 Å². The minimum Gasteiger partial charge on any atom is -0.481 e. The van der Waals surface area contributed by atoms with Crippen molar-refractivity contribution in [3.63, 3.8) is 0 Å². The molecule has 0 aromatic rings. The highest BCUT2D eigenvalue weighted by atomic mass is 16.4. The highest BCUT2D eigenvalue weighted by Crippen LogP contribution is 2.68. The van der Waals surface area contributed by atoms with Gasteiger partial charge in [0.2, 0.25) is 0 Å². The Morgan fingerprint density at radius 1 is 0.900 bits per heavy atom. The van der Waals surface area contributed by atoms with E-state index in [0.29, 0.717) is 23.2 Å². The molecule has 1 N–H and O–H groups in total. The van der Waals surface area contributed by atoms with Gasteiger partial charge in [0, 0.05) is 6.42 Å². The maximum absolute atomic E-state index is 11.0. The standard InChI is InChI=1S/C24H40O2.2C2H2/c1-16(7-12-22(25)26)19-10-11-20-18-9-8-17-6-4-5-14-23(17,2)21(18)13-15-24(19,20)3;2*1-2/h16-21H,4-15H2,1-3H3,(H,25,26);2*1-2H/t16-,17+,18+,19?,20?,21?,23+,24-;;/m1../s1. The highest BCUT2D eigenvalue weighted by molar-refractivity contribution is 5.66. The Hall–Kier alpha value is -1.41. The largest absolute Gasteiger partial charge is 0.481 e. The molecule has 8 atom stereocenters. The van der Waals surface area contributed by atoms with Gasteiger partial charge in [-0.05, 0) is 104 Å². The molecule has 2 heteroatoms. The number of carboxylic acid groups (broad SMARTS) is 1. The molecule has 4 aliphatic carbocycles. The molecule has 0 aliphatic heterocycles. The van der Waals surface area contributed by atoms with E-state index in [-0.39, 0.29) is 0 Å². The van der Waals surface area contributed by atoms with E-state index in [1.807, 2.05) is 0 Å². The molecule has 2 nitrogen and oxygen atoms in total. The van der Waals surface area contributed by atoms with Gasteiger partial charge in [-0.1, -0.05) is 33.6 Å². The molecule has 30 heavy (non-hydrogen) atoms. The fourth-order valence-corrected chi connectivity index (χ4v) is 8.82. The van der Waals surface area contributed by atoms with E-state index in [1.54, 1.807) is 0 Å². The van der Waals surface area contributed by atoms with E-state index in [1.165, 1.54) is 64.2 Å². The third-order valence-corrected chi connectivity index (χ3v) is 10.2. The number of hydrogen-bond donors (Lipinski definition) is 1. The molecular formula is C28H44O2. The van der Waals surface area contributed by atoms with Crippen LogP contribution >= 0.6 is 0 Å². The number of carboxylic acids is 1. The molecule has 0 bridgehead atoms. The zero-order chi connectivity index (χ0) is 22.5. The smallest absolute Gasteiger partial charge is 0.303 e. The second-order valence-corrected chi connectivity index (χ2v) is 11.0. The average Bonchev–Trinajstić information content (AvgIpc) is 3.11. The molecule has 0 radical (unpaired) electrons. The third kappa shape index (κ3) is 4.31. The average molecular weight is 413 g/mol. The summed E-state index contributed by atoms with van der Waals surface area (Å²) in [6.07, 6.45) is 31.7. The molecule has 4 fully saturated rings. The van der Waals surface area contributed by atoms with Crippen molar-refractivity contribution in [3.05, 3.63) is 0 Å². The van der Waals surface area contributed by atoms with Gasteiger partial charge in [-0.3, -0.25) is 4.79 Å². The predicted octanol–water partition coefficient (Wildman–Crippen LogP) is 7.04. The van der Waals surface area contributed by atoms with Crippen molar-refractivity contribution in [2.24, 2.45) is 46.3 Å². The van der Waals surface area contributed by atoms with E-state index >= 15 is 0 Å². The van der Waals surface area contributed by atoms with Gasteiger partial charge in [0.15, 0.2) is 0 Å². The predicted molar refractivity (Wildman–Crippen MR) is 126 cm³/mol. The Labute approximate surface area is 186 Å². The minimum absolute atomic E-state index is 0.351. The first-order valence-corrected chi connectivity index (χ1v) is 12.2. The molecule has 0 aromatic carbocycles. The Balaban J connectivity index is 0.000000757. The SMILES string of the molecule is C#C.C#C.C[C@H](CCC(=O)O)C1CCC2[C@@H]3CC[C@@H]4CCCC[C@]4(C)C3CC[C@@]21C. The van der Waals surface area contributed by atoms with Gasteiger partial charge in [-0.25, -0.2) is 0 Å². The second-order valence-electron chi connectivity index (χ2n) is 11.0. The summed E-state index contributed by atoms with van der Waals surface area (Å²) in [5.41, 5.74) is 1.12. The Bertz CT molecular complexity index is 613. The van der Waals surface area contributed by atoms with E-state index in [4.69, 9.17) is 5.11 Å². The fourth-order valence-electron chi connectivity index (χ4n) is 8.82. The molecule has 168 valence electrons. The van der Waals surface area contributed by atoms with Gasteiger partial charge >= 0.3 is 5.97 Å². The third-order valence-electron chi connectivity index (χ3n) is 10.2. The normalized spacial score (nSPS) is 42.6. The summed E-state index contributed by atoms with van der Waals surface area (Å²) in [6, 6.07) is 0. The van der Waals surface area contributed by atoms with E-state index in [0.717, 1.165) is 36.0 Å².